The van der Waals surface area contributed by atoms with E-state index in [2.05, 4.69) is 16.0 Å². The number of amides is 3. The number of carbonyl (C=O) groups is 2. The molecule has 0 radical (unpaired) electrons. The van der Waals surface area contributed by atoms with Gasteiger partial charge in [-0.15, -0.1) is 0 Å². The van der Waals surface area contributed by atoms with Crippen LogP contribution in [0, 0.1) is 0 Å². The van der Waals surface area contributed by atoms with Crippen molar-refractivity contribution in [2.24, 2.45) is 0 Å². The van der Waals surface area contributed by atoms with Crippen molar-refractivity contribution in [3.05, 3.63) is 90.5 Å². The summed E-state index contributed by atoms with van der Waals surface area (Å²) in [5.74, 6) is -0.121. The van der Waals surface area contributed by atoms with E-state index in [0.29, 0.717) is 17.1 Å². The highest BCUT2D eigenvalue weighted by atomic mass is 16.2. The summed E-state index contributed by atoms with van der Waals surface area (Å²) < 4.78 is 0. The Hall–Kier alpha value is -3.60. The van der Waals surface area contributed by atoms with Crippen LogP contribution in [-0.2, 0) is 10.2 Å². The van der Waals surface area contributed by atoms with Crippen LogP contribution >= 0.6 is 0 Å². The highest BCUT2D eigenvalue weighted by molar-refractivity contribution is 6.01. The highest BCUT2D eigenvalue weighted by Crippen LogP contribution is 2.25. The molecule has 3 amide bonds. The van der Waals surface area contributed by atoms with Gasteiger partial charge in [0.2, 0.25) is 5.91 Å². The summed E-state index contributed by atoms with van der Waals surface area (Å²) in [6.07, 6.45) is 0. The van der Waals surface area contributed by atoms with Gasteiger partial charge in [-0.25, -0.2) is 4.79 Å². The second kappa shape index (κ2) is 8.39. The molecule has 3 rings (SSSR count). The van der Waals surface area contributed by atoms with Crippen LogP contribution in [0.25, 0.3) is 0 Å². The Balaban J connectivity index is 1.66. The standard InChI is InChI=1S/C23H23N3O2/c1-23(2,17-10-5-3-6-11-17)21(27)24-19-14-9-15-20(16-19)26-22(28)25-18-12-7-4-8-13-18/h3-16H,1-2H3,(H,24,27)(H2,25,26,28). The molecule has 0 bridgehead atoms. The Labute approximate surface area is 164 Å². The molecule has 142 valence electrons. The van der Waals surface area contributed by atoms with Crippen molar-refractivity contribution in [2.45, 2.75) is 19.3 Å². The van der Waals surface area contributed by atoms with Gasteiger partial charge in [-0.2, -0.15) is 0 Å². The van der Waals surface area contributed by atoms with Crippen molar-refractivity contribution in [2.75, 3.05) is 16.0 Å². The molecule has 0 aliphatic heterocycles. The third kappa shape index (κ3) is 4.76. The molecule has 0 unspecified atom stereocenters. The lowest BCUT2D eigenvalue weighted by atomic mass is 9.83. The van der Waals surface area contributed by atoms with Crippen LogP contribution in [-0.4, -0.2) is 11.9 Å². The maximum atomic E-state index is 12.8. The lowest BCUT2D eigenvalue weighted by Crippen LogP contribution is -2.34. The van der Waals surface area contributed by atoms with E-state index in [1.54, 1.807) is 24.3 Å². The lowest BCUT2D eigenvalue weighted by molar-refractivity contribution is -0.120. The zero-order chi connectivity index (χ0) is 20.0. The summed E-state index contributed by atoms with van der Waals surface area (Å²) in [6, 6.07) is 25.5. The topological polar surface area (TPSA) is 70.2 Å². The second-order valence-electron chi connectivity index (χ2n) is 6.97. The van der Waals surface area contributed by atoms with E-state index in [4.69, 9.17) is 0 Å². The molecule has 0 aliphatic carbocycles. The molecular weight excluding hydrogens is 350 g/mol. The Bertz CT molecular complexity index is 954. The molecule has 3 aromatic carbocycles. The first kappa shape index (κ1) is 19.2. The number of nitrogens with one attached hydrogen (secondary N) is 3. The Morgan fingerprint density at radius 2 is 1.14 bits per heavy atom. The average Bonchev–Trinajstić information content (AvgIpc) is 2.69. The van der Waals surface area contributed by atoms with Crippen LogP contribution < -0.4 is 16.0 Å². The molecule has 0 aliphatic rings. The summed E-state index contributed by atoms with van der Waals surface area (Å²) >= 11 is 0. The minimum Gasteiger partial charge on any atom is -0.325 e. The molecule has 5 nitrogen and oxygen atoms in total. The van der Waals surface area contributed by atoms with E-state index in [1.165, 1.54) is 0 Å². The predicted molar refractivity (Wildman–Crippen MR) is 114 cm³/mol. The first-order valence-corrected chi connectivity index (χ1v) is 9.05. The molecule has 3 aromatic rings. The molecule has 5 heteroatoms. The number of para-hydroxylation sites is 1. The van der Waals surface area contributed by atoms with Gasteiger partial charge in [0.15, 0.2) is 0 Å². The van der Waals surface area contributed by atoms with Crippen molar-refractivity contribution in [3.8, 4) is 0 Å². The fraction of sp³-hybridized carbons (Fsp3) is 0.130. The third-order valence-electron chi connectivity index (χ3n) is 4.47. The Kier molecular flexibility index (Phi) is 5.75. The summed E-state index contributed by atoms with van der Waals surface area (Å²) in [5.41, 5.74) is 2.16. The van der Waals surface area contributed by atoms with Crippen LogP contribution in [0.1, 0.15) is 19.4 Å². The van der Waals surface area contributed by atoms with Gasteiger partial charge >= 0.3 is 6.03 Å². The summed E-state index contributed by atoms with van der Waals surface area (Å²) in [4.78, 5) is 24.9. The normalized spacial score (nSPS) is 10.8. The number of hydrogen-bond donors (Lipinski definition) is 3. The number of carbonyl (C=O) groups excluding carboxylic acids is 2. The highest BCUT2D eigenvalue weighted by Gasteiger charge is 2.29. The van der Waals surface area contributed by atoms with E-state index in [9.17, 15) is 9.59 Å². The van der Waals surface area contributed by atoms with E-state index < -0.39 is 5.41 Å². The van der Waals surface area contributed by atoms with Gasteiger partial charge < -0.3 is 16.0 Å². The average molecular weight is 373 g/mol. The van der Waals surface area contributed by atoms with Gasteiger partial charge in [-0.3, -0.25) is 4.79 Å². The van der Waals surface area contributed by atoms with Gasteiger partial charge in [0.05, 0.1) is 5.41 Å². The van der Waals surface area contributed by atoms with Gasteiger partial charge in [-0.05, 0) is 49.7 Å². The van der Waals surface area contributed by atoms with Crippen LogP contribution in [0.15, 0.2) is 84.9 Å². The molecule has 0 heterocycles. The lowest BCUT2D eigenvalue weighted by Gasteiger charge is -2.24. The van der Waals surface area contributed by atoms with Crippen LogP contribution in [0.5, 0.6) is 0 Å². The maximum Gasteiger partial charge on any atom is 0.323 e. The number of rotatable bonds is 5. The minimum atomic E-state index is -0.685. The summed E-state index contributed by atoms with van der Waals surface area (Å²) in [5, 5.41) is 8.47. The first-order valence-electron chi connectivity index (χ1n) is 9.05. The van der Waals surface area contributed by atoms with E-state index in [1.807, 2.05) is 74.5 Å². The van der Waals surface area contributed by atoms with Crippen LogP contribution in [0.2, 0.25) is 0 Å². The van der Waals surface area contributed by atoms with E-state index in [0.717, 1.165) is 5.56 Å². The van der Waals surface area contributed by atoms with Crippen LogP contribution in [0.3, 0.4) is 0 Å². The number of hydrogen-bond acceptors (Lipinski definition) is 2. The van der Waals surface area contributed by atoms with E-state index in [-0.39, 0.29) is 11.9 Å². The van der Waals surface area contributed by atoms with Gasteiger partial charge in [0.1, 0.15) is 0 Å². The summed E-state index contributed by atoms with van der Waals surface area (Å²) in [6.45, 7) is 3.76. The zero-order valence-corrected chi connectivity index (χ0v) is 15.9. The molecule has 0 atom stereocenters. The molecule has 0 fully saturated rings. The predicted octanol–water partition coefficient (Wildman–Crippen LogP) is 5.25. The molecule has 0 spiro atoms. The molecular formula is C23H23N3O2. The first-order chi connectivity index (χ1) is 13.4. The molecule has 28 heavy (non-hydrogen) atoms. The largest absolute Gasteiger partial charge is 0.325 e. The summed E-state index contributed by atoms with van der Waals surface area (Å²) in [7, 11) is 0. The quantitative estimate of drug-likeness (QED) is 0.572. The molecule has 3 N–H and O–H groups in total. The van der Waals surface area contributed by atoms with Crippen molar-refractivity contribution in [3.63, 3.8) is 0 Å². The van der Waals surface area contributed by atoms with Gasteiger partial charge in [-0.1, -0.05) is 54.6 Å². The Morgan fingerprint density at radius 3 is 1.79 bits per heavy atom. The van der Waals surface area contributed by atoms with Crippen molar-refractivity contribution in [1.29, 1.82) is 0 Å². The Morgan fingerprint density at radius 1 is 0.643 bits per heavy atom. The van der Waals surface area contributed by atoms with Gasteiger partial charge in [0.25, 0.3) is 0 Å². The number of benzene rings is 3. The molecule has 0 saturated carbocycles. The second-order valence-corrected chi connectivity index (χ2v) is 6.97. The van der Waals surface area contributed by atoms with Crippen LogP contribution in [0.4, 0.5) is 21.9 Å². The fourth-order valence-electron chi connectivity index (χ4n) is 2.76. The minimum absolute atomic E-state index is 0.121. The molecule has 0 aromatic heterocycles. The molecule has 0 saturated heterocycles. The van der Waals surface area contributed by atoms with Crippen molar-refractivity contribution >= 4 is 29.0 Å². The fourth-order valence-corrected chi connectivity index (χ4v) is 2.76. The maximum absolute atomic E-state index is 12.8. The smallest absolute Gasteiger partial charge is 0.323 e. The van der Waals surface area contributed by atoms with Crippen molar-refractivity contribution in [1.82, 2.24) is 0 Å². The SMILES string of the molecule is CC(C)(C(=O)Nc1cccc(NC(=O)Nc2ccccc2)c1)c1ccccc1. The van der Waals surface area contributed by atoms with Crippen molar-refractivity contribution < 1.29 is 9.59 Å². The number of urea groups is 1. The van der Waals surface area contributed by atoms with Gasteiger partial charge in [0, 0.05) is 17.1 Å². The zero-order valence-electron chi connectivity index (χ0n) is 15.9. The van der Waals surface area contributed by atoms with E-state index >= 15 is 0 Å². The monoisotopic (exact) mass is 373 g/mol. The third-order valence-corrected chi connectivity index (χ3v) is 4.47. The number of anilines is 3.